The van der Waals surface area contributed by atoms with Gasteiger partial charge in [-0.2, -0.15) is 5.10 Å². The molecule has 0 radical (unpaired) electrons. The lowest BCUT2D eigenvalue weighted by molar-refractivity contribution is 0.102. The summed E-state index contributed by atoms with van der Waals surface area (Å²) in [5, 5.41) is 8.54. The molecule has 0 saturated carbocycles. The van der Waals surface area contributed by atoms with Gasteiger partial charge in [-0.15, -0.1) is 11.3 Å². The van der Waals surface area contributed by atoms with E-state index >= 15 is 0 Å². The zero-order chi connectivity index (χ0) is 24.7. The predicted molar refractivity (Wildman–Crippen MR) is 145 cm³/mol. The van der Waals surface area contributed by atoms with Gasteiger partial charge in [-0.25, -0.2) is 9.67 Å². The van der Waals surface area contributed by atoms with Crippen molar-refractivity contribution in [3.05, 3.63) is 57.9 Å². The van der Waals surface area contributed by atoms with Gasteiger partial charge < -0.3 is 15.1 Å². The SMILES string of the molecule is Cc1cc(-c2cc(C(=O)Nc3ccccc3N3CCN(C)CC3)c3cnn(C(C)C)c3n2)c(C)s1. The molecule has 0 unspecified atom stereocenters. The highest BCUT2D eigenvalue weighted by Crippen LogP contribution is 2.33. The van der Waals surface area contributed by atoms with E-state index in [4.69, 9.17) is 4.98 Å². The third kappa shape index (κ3) is 4.56. The normalized spacial score (nSPS) is 14.7. The lowest BCUT2D eigenvalue weighted by Gasteiger charge is -2.35. The first-order chi connectivity index (χ1) is 16.8. The maximum atomic E-state index is 13.8. The van der Waals surface area contributed by atoms with Crippen molar-refractivity contribution in [2.75, 3.05) is 43.4 Å². The number of carbonyl (C=O) groups excluding carboxylic acids is 1. The molecule has 0 bridgehead atoms. The molecule has 5 rings (SSSR count). The zero-order valence-corrected chi connectivity index (χ0v) is 21.8. The number of aromatic nitrogens is 3. The molecule has 0 atom stereocenters. The standard InChI is InChI=1S/C27H32N6OS/c1-17(2)33-26-22(16-28-33)21(15-24(29-26)20-14-18(3)35-19(20)4)27(34)30-23-8-6-7-9-25(23)32-12-10-31(5)11-13-32/h6-9,14-17H,10-13H2,1-5H3,(H,30,34). The van der Waals surface area contributed by atoms with E-state index in [-0.39, 0.29) is 11.9 Å². The second-order valence-corrected chi connectivity index (χ2v) is 11.0. The highest BCUT2D eigenvalue weighted by atomic mass is 32.1. The van der Waals surface area contributed by atoms with E-state index in [2.05, 4.69) is 67.1 Å². The molecule has 1 aliphatic rings. The van der Waals surface area contributed by atoms with E-state index in [1.165, 1.54) is 9.75 Å². The summed E-state index contributed by atoms with van der Waals surface area (Å²) < 4.78 is 1.89. The first-order valence-corrected chi connectivity index (χ1v) is 12.9. The Morgan fingerprint density at radius 3 is 2.51 bits per heavy atom. The minimum Gasteiger partial charge on any atom is -0.367 e. The molecule has 1 amide bonds. The van der Waals surface area contributed by atoms with Gasteiger partial charge >= 0.3 is 0 Å². The van der Waals surface area contributed by atoms with E-state index in [0.717, 1.165) is 59.8 Å². The lowest BCUT2D eigenvalue weighted by Crippen LogP contribution is -2.44. The number of para-hydroxylation sites is 2. The van der Waals surface area contributed by atoms with Crippen LogP contribution >= 0.6 is 11.3 Å². The van der Waals surface area contributed by atoms with Crippen molar-refractivity contribution in [1.82, 2.24) is 19.7 Å². The van der Waals surface area contributed by atoms with E-state index in [1.54, 1.807) is 17.5 Å². The Hall–Kier alpha value is -3.23. The monoisotopic (exact) mass is 488 g/mol. The van der Waals surface area contributed by atoms with Crippen molar-refractivity contribution >= 4 is 39.7 Å². The topological polar surface area (TPSA) is 66.3 Å². The molecule has 7 nitrogen and oxygen atoms in total. The van der Waals surface area contributed by atoms with Crippen LogP contribution in [0.3, 0.4) is 0 Å². The number of hydrogen-bond donors (Lipinski definition) is 1. The molecule has 0 aliphatic carbocycles. The molecular weight excluding hydrogens is 456 g/mol. The summed E-state index contributed by atoms with van der Waals surface area (Å²) in [5.41, 5.74) is 5.08. The van der Waals surface area contributed by atoms with Crippen LogP contribution in [-0.4, -0.2) is 58.8 Å². The van der Waals surface area contributed by atoms with Crippen LogP contribution in [0.25, 0.3) is 22.3 Å². The second-order valence-electron chi connectivity index (χ2n) is 9.56. The van der Waals surface area contributed by atoms with Gasteiger partial charge in [0.05, 0.1) is 34.2 Å². The molecule has 4 heterocycles. The van der Waals surface area contributed by atoms with Crippen LogP contribution in [-0.2, 0) is 0 Å². The van der Waals surface area contributed by atoms with Crippen LogP contribution in [0.15, 0.2) is 42.6 Å². The molecule has 1 fully saturated rings. The van der Waals surface area contributed by atoms with Crippen molar-refractivity contribution in [2.24, 2.45) is 0 Å². The fraction of sp³-hybridized carbons (Fsp3) is 0.370. The number of anilines is 2. The summed E-state index contributed by atoms with van der Waals surface area (Å²) in [6, 6.07) is 12.3. The molecule has 8 heteroatoms. The first kappa shape index (κ1) is 23.5. The van der Waals surface area contributed by atoms with E-state index in [9.17, 15) is 4.79 Å². The Morgan fingerprint density at radius 2 is 1.83 bits per heavy atom. The van der Waals surface area contributed by atoms with E-state index in [0.29, 0.717) is 5.56 Å². The highest BCUT2D eigenvalue weighted by molar-refractivity contribution is 7.12. The molecule has 0 spiro atoms. The van der Waals surface area contributed by atoms with Gasteiger partial charge in [0.1, 0.15) is 0 Å². The Labute approximate surface area is 210 Å². The van der Waals surface area contributed by atoms with Crippen LogP contribution in [0.2, 0.25) is 0 Å². The Balaban J connectivity index is 1.56. The number of nitrogens with zero attached hydrogens (tertiary/aromatic N) is 5. The van der Waals surface area contributed by atoms with Crippen molar-refractivity contribution < 1.29 is 4.79 Å². The number of benzene rings is 1. The quantitative estimate of drug-likeness (QED) is 0.410. The van der Waals surface area contributed by atoms with Gasteiger partial charge in [0, 0.05) is 47.5 Å². The van der Waals surface area contributed by atoms with Gasteiger partial charge in [0.2, 0.25) is 0 Å². The average molecular weight is 489 g/mol. The maximum absolute atomic E-state index is 13.8. The van der Waals surface area contributed by atoms with Crippen molar-refractivity contribution in [2.45, 2.75) is 33.7 Å². The molecule has 1 N–H and O–H groups in total. The summed E-state index contributed by atoms with van der Waals surface area (Å²) in [5.74, 6) is -0.145. The van der Waals surface area contributed by atoms with Gasteiger partial charge in [-0.1, -0.05) is 12.1 Å². The van der Waals surface area contributed by atoms with Crippen LogP contribution in [0.4, 0.5) is 11.4 Å². The Morgan fingerprint density at radius 1 is 1.09 bits per heavy atom. The number of amides is 1. The smallest absolute Gasteiger partial charge is 0.256 e. The summed E-state index contributed by atoms with van der Waals surface area (Å²) in [6.07, 6.45) is 1.76. The maximum Gasteiger partial charge on any atom is 0.256 e. The number of pyridine rings is 1. The van der Waals surface area contributed by atoms with Crippen LogP contribution < -0.4 is 10.2 Å². The predicted octanol–water partition coefficient (Wildman–Crippen LogP) is 5.36. The van der Waals surface area contributed by atoms with E-state index < -0.39 is 0 Å². The zero-order valence-electron chi connectivity index (χ0n) is 21.0. The largest absolute Gasteiger partial charge is 0.367 e. The van der Waals surface area contributed by atoms with Crippen LogP contribution in [0.1, 0.15) is 40.0 Å². The molecule has 4 aromatic rings. The molecular formula is C27H32N6OS. The Bertz CT molecular complexity index is 1380. The minimum atomic E-state index is -0.145. The summed E-state index contributed by atoms with van der Waals surface area (Å²) in [7, 11) is 2.14. The van der Waals surface area contributed by atoms with Crippen molar-refractivity contribution in [3.8, 4) is 11.3 Å². The number of piperazine rings is 1. The molecule has 182 valence electrons. The molecule has 1 aromatic carbocycles. The minimum absolute atomic E-state index is 0.134. The summed E-state index contributed by atoms with van der Waals surface area (Å²) in [4.78, 5) is 25.8. The second kappa shape index (κ2) is 9.43. The summed E-state index contributed by atoms with van der Waals surface area (Å²) >= 11 is 1.74. The Kier molecular flexibility index (Phi) is 6.34. The lowest BCUT2D eigenvalue weighted by atomic mass is 10.1. The average Bonchev–Trinajstić information content (AvgIpc) is 3.41. The van der Waals surface area contributed by atoms with Crippen LogP contribution in [0, 0.1) is 13.8 Å². The van der Waals surface area contributed by atoms with Gasteiger partial charge in [0.25, 0.3) is 5.91 Å². The molecule has 3 aromatic heterocycles. The number of thiophene rings is 1. The highest BCUT2D eigenvalue weighted by Gasteiger charge is 2.22. The van der Waals surface area contributed by atoms with Gasteiger partial charge in [-0.3, -0.25) is 4.79 Å². The van der Waals surface area contributed by atoms with E-state index in [1.807, 2.05) is 28.9 Å². The number of nitrogens with one attached hydrogen (secondary N) is 1. The number of rotatable bonds is 5. The first-order valence-electron chi connectivity index (χ1n) is 12.1. The van der Waals surface area contributed by atoms with Gasteiger partial charge in [0.15, 0.2) is 5.65 Å². The number of hydrogen-bond acceptors (Lipinski definition) is 6. The van der Waals surface area contributed by atoms with Crippen molar-refractivity contribution in [3.63, 3.8) is 0 Å². The number of aryl methyl sites for hydroxylation is 2. The van der Waals surface area contributed by atoms with Crippen LogP contribution in [0.5, 0.6) is 0 Å². The number of likely N-dealkylation sites (N-methyl/N-ethyl adjacent to an activating group) is 1. The summed E-state index contributed by atoms with van der Waals surface area (Å²) in [6.45, 7) is 12.2. The molecule has 1 aliphatic heterocycles. The third-order valence-electron chi connectivity index (χ3n) is 6.61. The fourth-order valence-corrected chi connectivity index (χ4v) is 5.63. The number of fused-ring (bicyclic) bond motifs is 1. The molecule has 35 heavy (non-hydrogen) atoms. The molecule has 1 saturated heterocycles. The van der Waals surface area contributed by atoms with Gasteiger partial charge in [-0.05, 0) is 59.0 Å². The fourth-order valence-electron chi connectivity index (χ4n) is 4.70. The third-order valence-corrected chi connectivity index (χ3v) is 7.58. The number of carbonyl (C=O) groups is 1. The van der Waals surface area contributed by atoms with Crippen molar-refractivity contribution in [1.29, 1.82) is 0 Å².